The van der Waals surface area contributed by atoms with E-state index in [0.29, 0.717) is 60.4 Å². The molecule has 0 aliphatic carbocycles. The topological polar surface area (TPSA) is 345 Å². The summed E-state index contributed by atoms with van der Waals surface area (Å²) in [4.78, 5) is 81.3. The van der Waals surface area contributed by atoms with E-state index in [1.165, 1.54) is 76.1 Å². The molecule has 0 bridgehead atoms. The predicted octanol–water partition coefficient (Wildman–Crippen LogP) is 11.1. The van der Waals surface area contributed by atoms with Gasteiger partial charge in [-0.25, -0.2) is 34.0 Å². The van der Waals surface area contributed by atoms with Gasteiger partial charge in [-0.15, -0.1) is 0 Å². The molecule has 101 heavy (non-hydrogen) atoms. The summed E-state index contributed by atoms with van der Waals surface area (Å²) in [5, 5.41) is 24.9. The lowest BCUT2D eigenvalue weighted by Gasteiger charge is -2.26. The van der Waals surface area contributed by atoms with Gasteiger partial charge in [-0.1, -0.05) is 50.0 Å². The van der Waals surface area contributed by atoms with Crippen LogP contribution in [0.3, 0.4) is 0 Å². The molecule has 8 rings (SSSR count). The molecule has 0 spiro atoms. The largest absolute Gasteiger partial charge is 0.399 e. The highest BCUT2D eigenvalue weighted by molar-refractivity contribution is 5.98. The minimum Gasteiger partial charge on any atom is -0.399 e. The van der Waals surface area contributed by atoms with Gasteiger partial charge in [-0.2, -0.15) is 55.1 Å². The van der Waals surface area contributed by atoms with Crippen molar-refractivity contribution >= 4 is 29.7 Å². The molecule has 6 N–H and O–H groups in total. The third-order valence-corrected chi connectivity index (χ3v) is 12.9. The van der Waals surface area contributed by atoms with Crippen molar-refractivity contribution in [2.45, 2.75) is 116 Å². The molecule has 0 saturated heterocycles. The molecule has 4 heterocycles. The summed E-state index contributed by atoms with van der Waals surface area (Å²) >= 11 is 0. The Morgan fingerprint density at radius 1 is 0.495 bits per heavy atom. The Bertz CT molecular complexity index is 4070. The van der Waals surface area contributed by atoms with E-state index in [9.17, 15) is 71.9 Å². The monoisotopic (exact) mass is 1440 g/mol. The SMILES string of the molecule is CCONCC(C)NC(=O)c1ccc(-c2noc(C(C)(F)F)n2)cc1F.CO/N=C/CCC(=O)c1ccc(-c2noc(C(C)(F)F)n2)cc1F.CONCC(C)(C)NC(=O)c1ccc(-c2noc(C(C)(F)F)n2)cc1F.CONCC(C)NC(=O)c1ccc(-c2noc(C(C)(F)F)n2)cc1F. The highest BCUT2D eigenvalue weighted by Gasteiger charge is 2.36. The van der Waals surface area contributed by atoms with Gasteiger partial charge in [0.1, 0.15) is 30.4 Å². The zero-order valence-electron chi connectivity index (χ0n) is 55.9. The van der Waals surface area contributed by atoms with Gasteiger partial charge in [0, 0.05) is 99.8 Å². The first kappa shape index (κ1) is 81.6. The zero-order valence-corrected chi connectivity index (χ0v) is 55.9. The molecule has 0 aliphatic heterocycles. The molecule has 0 aliphatic rings. The number of hydrogen-bond donors (Lipinski definition) is 6. The molecular weight excluding hydrogens is 1370 g/mol. The van der Waals surface area contributed by atoms with Crippen molar-refractivity contribution < 1.29 is 109 Å². The number of hydrogen-bond acceptors (Lipinski definition) is 24. The minimum absolute atomic E-state index is 0.0531. The van der Waals surface area contributed by atoms with Crippen LogP contribution in [0, 0.1) is 23.3 Å². The predicted molar refractivity (Wildman–Crippen MR) is 331 cm³/mol. The normalized spacial score (nSPS) is 12.5. The van der Waals surface area contributed by atoms with Crippen LogP contribution in [0.2, 0.25) is 0 Å². The summed E-state index contributed by atoms with van der Waals surface area (Å²) in [5.74, 6) is -23.0. The summed E-state index contributed by atoms with van der Waals surface area (Å²) < 4.78 is 180. The fourth-order valence-corrected chi connectivity index (χ4v) is 7.80. The van der Waals surface area contributed by atoms with E-state index >= 15 is 0 Å². The van der Waals surface area contributed by atoms with Crippen LogP contribution in [-0.2, 0) is 43.0 Å². The summed E-state index contributed by atoms with van der Waals surface area (Å²) in [6.45, 7) is 12.6. The Hall–Kier alpha value is -10.1. The van der Waals surface area contributed by atoms with Crippen molar-refractivity contribution in [2.24, 2.45) is 5.16 Å². The smallest absolute Gasteiger partial charge is 0.322 e. The second kappa shape index (κ2) is 36.3. The van der Waals surface area contributed by atoms with E-state index < -0.39 is 99.6 Å². The number of carbonyl (C=O) groups excluding carboxylic acids is 4. The Morgan fingerprint density at radius 3 is 1.12 bits per heavy atom. The number of ketones is 1. The summed E-state index contributed by atoms with van der Waals surface area (Å²) in [5.41, 5.74) is 6.89. The second-order valence-electron chi connectivity index (χ2n) is 22.4. The van der Waals surface area contributed by atoms with Crippen molar-refractivity contribution in [3.63, 3.8) is 0 Å². The fourth-order valence-electron chi connectivity index (χ4n) is 7.80. The van der Waals surface area contributed by atoms with Crippen LogP contribution in [0.5, 0.6) is 0 Å². The molecule has 4 aromatic carbocycles. The van der Waals surface area contributed by atoms with Gasteiger partial charge in [-0.05, 0) is 89.6 Å². The molecular formula is C62H69F12N15O12. The minimum atomic E-state index is -3.30. The molecule has 2 atom stereocenters. The van der Waals surface area contributed by atoms with Gasteiger partial charge in [0.05, 0.1) is 43.1 Å². The molecule has 0 radical (unpaired) electrons. The van der Waals surface area contributed by atoms with E-state index in [1.54, 1.807) is 27.7 Å². The van der Waals surface area contributed by atoms with Crippen LogP contribution in [0.1, 0.15) is 140 Å². The third kappa shape index (κ3) is 24.9. The quantitative estimate of drug-likeness (QED) is 0.00834. The summed E-state index contributed by atoms with van der Waals surface area (Å²) in [6, 6.07) is 13.7. The van der Waals surface area contributed by atoms with Crippen LogP contribution < -0.4 is 32.4 Å². The van der Waals surface area contributed by atoms with E-state index in [1.807, 2.05) is 6.92 Å². The number of hydroxylamine groups is 3. The maximum atomic E-state index is 14.3. The van der Waals surface area contributed by atoms with E-state index in [-0.39, 0.29) is 86.3 Å². The Kier molecular flexibility index (Phi) is 29.3. The number of amides is 3. The maximum absolute atomic E-state index is 14.3. The Balaban J connectivity index is 0.000000243. The Labute approximate surface area is 567 Å². The first-order chi connectivity index (χ1) is 47.3. The number of nitrogens with one attached hydrogen (secondary N) is 6. The van der Waals surface area contributed by atoms with Gasteiger partial charge in [0.15, 0.2) is 5.78 Å². The molecule has 27 nitrogen and oxygen atoms in total. The summed E-state index contributed by atoms with van der Waals surface area (Å²) in [7, 11) is 4.24. The van der Waals surface area contributed by atoms with E-state index in [0.717, 1.165) is 24.3 Å². The van der Waals surface area contributed by atoms with Crippen molar-refractivity contribution in [1.29, 1.82) is 0 Å². The standard InChI is InChI=1S/2C16H19F3N4O3.C15H17F3N4O3.C15H14F3N3O3/c1-15(2,8-20-25-4)22-13(24)10-6-5-9(7-11(10)17)12-21-14(26-23-12)16(3,18)19;1-4-25-20-8-9(2)21-14(24)11-6-5-10(7-12(11)17)13-22-15(26-23-13)16(3,18)19;1-8(7-19-24-3)20-13(23)10-5-4-9(6-11(10)16)12-21-14(25-22-12)15(2,17)18;1-15(17,18)14-20-13(21-24-14)9-5-6-10(11(16)8-9)12(22)4-3-7-19-23-2/h5-7,20H,8H2,1-4H3,(H,22,24);5-7,9,20H,4,8H2,1-3H3,(H,21,24);4-6,8,19H,7H2,1-3H3,(H,20,23);5-8H,3-4H2,1-2H3/b;;;19-7+. The number of halogens is 12. The third-order valence-electron chi connectivity index (χ3n) is 12.9. The highest BCUT2D eigenvalue weighted by Crippen LogP contribution is 2.32. The van der Waals surface area contributed by atoms with Gasteiger partial charge in [-0.3, -0.25) is 19.2 Å². The van der Waals surface area contributed by atoms with Crippen LogP contribution >= 0.6 is 0 Å². The van der Waals surface area contributed by atoms with Crippen molar-refractivity contribution in [3.8, 4) is 45.6 Å². The zero-order chi connectivity index (χ0) is 75.2. The molecule has 39 heteroatoms. The first-order valence-corrected chi connectivity index (χ1v) is 29.8. The van der Waals surface area contributed by atoms with Crippen LogP contribution in [-0.4, -0.2) is 135 Å². The average Bonchev–Trinajstić information content (AvgIpc) is 1.28. The summed E-state index contributed by atoms with van der Waals surface area (Å²) in [6.07, 6.45) is 1.75. The molecule has 0 fully saturated rings. The fraction of sp³-hybridized carbons (Fsp3) is 0.403. The molecule has 0 saturated carbocycles. The van der Waals surface area contributed by atoms with Gasteiger partial charge < -0.3 is 53.4 Å². The number of benzene rings is 4. The lowest BCUT2D eigenvalue weighted by atomic mass is 10.0. The number of alkyl halides is 8. The number of oxime groups is 1. The number of aromatic nitrogens is 8. The lowest BCUT2D eigenvalue weighted by Crippen LogP contribution is -2.50. The molecule has 2 unspecified atom stereocenters. The number of rotatable bonds is 29. The first-order valence-electron chi connectivity index (χ1n) is 29.8. The molecule has 4 aromatic heterocycles. The number of nitrogens with zero attached hydrogens (tertiary/aromatic N) is 9. The van der Waals surface area contributed by atoms with Gasteiger partial charge in [0.25, 0.3) is 41.3 Å². The molecule has 3 amide bonds. The van der Waals surface area contributed by atoms with E-state index in [4.69, 9.17) is 9.68 Å². The molecule has 8 aromatic rings. The van der Waals surface area contributed by atoms with Crippen molar-refractivity contribution in [2.75, 3.05) is 47.6 Å². The van der Waals surface area contributed by atoms with Gasteiger partial charge >= 0.3 is 23.7 Å². The average molecular weight is 1440 g/mol. The molecule has 548 valence electrons. The number of carbonyl (C=O) groups is 4. The van der Waals surface area contributed by atoms with Crippen LogP contribution in [0.4, 0.5) is 52.7 Å². The Morgan fingerprint density at radius 2 is 0.822 bits per heavy atom. The lowest BCUT2D eigenvalue weighted by molar-refractivity contribution is -0.0162. The number of Topliss-reactive ketones (excluding diaryl/α,β-unsaturated/α-hetero) is 1. The van der Waals surface area contributed by atoms with Crippen LogP contribution in [0.25, 0.3) is 45.6 Å². The second-order valence-corrected chi connectivity index (χ2v) is 22.4. The van der Waals surface area contributed by atoms with Gasteiger partial charge in [0.2, 0.25) is 23.3 Å². The highest BCUT2D eigenvalue weighted by atomic mass is 19.3. The van der Waals surface area contributed by atoms with Crippen molar-refractivity contribution in [1.82, 2.24) is 73.0 Å². The van der Waals surface area contributed by atoms with E-state index in [2.05, 4.69) is 106 Å². The van der Waals surface area contributed by atoms with Crippen molar-refractivity contribution in [3.05, 3.63) is 142 Å². The maximum Gasteiger partial charge on any atom is 0.322 e. The van der Waals surface area contributed by atoms with Crippen LogP contribution in [0.15, 0.2) is 96.0 Å².